The molecule has 3 aromatic rings. The average molecular weight is 453 g/mol. The monoisotopic (exact) mass is 451 g/mol. The molecule has 0 N–H and O–H groups in total. The Morgan fingerprint density at radius 1 is 1.03 bits per heavy atom. The van der Waals surface area contributed by atoms with E-state index >= 15 is 0 Å². The van der Waals surface area contributed by atoms with Gasteiger partial charge in [0.1, 0.15) is 17.5 Å². The summed E-state index contributed by atoms with van der Waals surface area (Å²) in [5.74, 6) is 0.961. The predicted molar refractivity (Wildman–Crippen MR) is 116 cm³/mol. The molecule has 29 heavy (non-hydrogen) atoms. The summed E-state index contributed by atoms with van der Waals surface area (Å²) in [6.07, 6.45) is 1.74. The fourth-order valence-corrected chi connectivity index (χ4v) is 3.99. The second-order valence-electron chi connectivity index (χ2n) is 6.81. The number of rotatable bonds is 3. The second kappa shape index (κ2) is 8.30. The van der Waals surface area contributed by atoms with Gasteiger partial charge in [-0.3, -0.25) is 0 Å². The van der Waals surface area contributed by atoms with E-state index in [-0.39, 0.29) is 16.3 Å². The number of nitrogens with zero attached hydrogens (tertiary/aromatic N) is 5. The minimum Gasteiger partial charge on any atom is -0.352 e. The Kier molecular flexibility index (Phi) is 5.76. The molecule has 0 radical (unpaired) electrons. The molecule has 1 aromatic carbocycles. The van der Waals surface area contributed by atoms with E-state index in [1.807, 2.05) is 18.2 Å². The molecule has 1 aliphatic heterocycles. The van der Waals surface area contributed by atoms with Crippen LogP contribution in [-0.2, 0) is 0 Å². The molecule has 0 aliphatic carbocycles. The normalized spacial score (nSPS) is 16.9. The number of hydrogen-bond acceptors (Lipinski definition) is 5. The summed E-state index contributed by atoms with van der Waals surface area (Å²) >= 11 is 18.3. The summed E-state index contributed by atoms with van der Waals surface area (Å²) in [7, 11) is 0. The van der Waals surface area contributed by atoms with Crippen LogP contribution < -0.4 is 9.80 Å². The van der Waals surface area contributed by atoms with E-state index in [1.54, 1.807) is 12.3 Å². The van der Waals surface area contributed by atoms with Gasteiger partial charge < -0.3 is 9.80 Å². The number of hydrogen-bond donors (Lipinski definition) is 0. The summed E-state index contributed by atoms with van der Waals surface area (Å²) < 4.78 is 13.9. The Morgan fingerprint density at radius 3 is 2.59 bits per heavy atom. The van der Waals surface area contributed by atoms with Crippen LogP contribution in [0.1, 0.15) is 6.92 Å². The smallest absolute Gasteiger partial charge is 0.224 e. The van der Waals surface area contributed by atoms with Gasteiger partial charge in [-0.25, -0.2) is 19.3 Å². The van der Waals surface area contributed by atoms with Gasteiger partial charge in [0.15, 0.2) is 0 Å². The average Bonchev–Trinajstić information content (AvgIpc) is 2.70. The molecule has 2 aromatic heterocycles. The molecule has 1 aliphatic rings. The van der Waals surface area contributed by atoms with Crippen molar-refractivity contribution in [1.82, 2.24) is 15.0 Å². The molecule has 150 valence electrons. The zero-order chi connectivity index (χ0) is 20.5. The summed E-state index contributed by atoms with van der Waals surface area (Å²) in [5.41, 5.74) is 1.13. The molecule has 1 unspecified atom stereocenters. The molecule has 1 atom stereocenters. The number of benzene rings is 1. The van der Waals surface area contributed by atoms with Crippen molar-refractivity contribution >= 4 is 46.4 Å². The van der Waals surface area contributed by atoms with Gasteiger partial charge in [0, 0.05) is 43.5 Å². The Labute approximate surface area is 183 Å². The van der Waals surface area contributed by atoms with Crippen molar-refractivity contribution in [2.75, 3.05) is 29.4 Å². The standard InChI is InChI=1S/C20H17Cl3FN5/c1-12-11-28(19-15(22)3-2-6-25-19)7-8-29(12)18-10-17(26-20(23)27-18)13-4-5-14(21)16(24)9-13/h2-6,9-10,12H,7-8,11H2,1H3. The lowest BCUT2D eigenvalue weighted by Gasteiger charge is -2.41. The third kappa shape index (κ3) is 4.25. The lowest BCUT2D eigenvalue weighted by atomic mass is 10.1. The van der Waals surface area contributed by atoms with Crippen LogP contribution in [-0.4, -0.2) is 40.6 Å². The summed E-state index contributed by atoms with van der Waals surface area (Å²) in [5, 5.41) is 0.799. The van der Waals surface area contributed by atoms with E-state index < -0.39 is 5.82 Å². The third-order valence-electron chi connectivity index (χ3n) is 4.86. The highest BCUT2D eigenvalue weighted by molar-refractivity contribution is 6.33. The Hall–Kier alpha value is -2.15. The number of anilines is 2. The van der Waals surface area contributed by atoms with Crippen LogP contribution in [0.2, 0.25) is 15.3 Å². The van der Waals surface area contributed by atoms with Crippen LogP contribution in [0.5, 0.6) is 0 Å². The number of piperazine rings is 1. The maximum absolute atomic E-state index is 13.9. The molecular formula is C20H17Cl3FN5. The summed E-state index contributed by atoms with van der Waals surface area (Å²) in [6.45, 7) is 4.26. The number of halogens is 4. The highest BCUT2D eigenvalue weighted by atomic mass is 35.5. The fourth-order valence-electron chi connectivity index (χ4n) is 3.46. The molecule has 3 heterocycles. The molecule has 4 rings (SSSR count). The van der Waals surface area contributed by atoms with Gasteiger partial charge in [-0.2, -0.15) is 0 Å². The van der Waals surface area contributed by atoms with Crippen molar-refractivity contribution in [2.24, 2.45) is 0 Å². The quantitative estimate of drug-likeness (QED) is 0.501. The van der Waals surface area contributed by atoms with E-state index in [1.165, 1.54) is 12.1 Å². The second-order valence-corrected chi connectivity index (χ2v) is 7.96. The third-order valence-corrected chi connectivity index (χ3v) is 5.63. The lowest BCUT2D eigenvalue weighted by Crippen LogP contribution is -2.52. The highest BCUT2D eigenvalue weighted by Crippen LogP contribution is 2.30. The Bertz CT molecular complexity index is 1050. The molecule has 9 heteroatoms. The maximum atomic E-state index is 13.9. The van der Waals surface area contributed by atoms with Gasteiger partial charge in [0.05, 0.1) is 15.7 Å². The van der Waals surface area contributed by atoms with Crippen LogP contribution in [0, 0.1) is 5.82 Å². The zero-order valence-electron chi connectivity index (χ0n) is 15.5. The first-order chi connectivity index (χ1) is 13.9. The highest BCUT2D eigenvalue weighted by Gasteiger charge is 2.27. The van der Waals surface area contributed by atoms with Gasteiger partial charge in [-0.1, -0.05) is 29.3 Å². The van der Waals surface area contributed by atoms with E-state index in [9.17, 15) is 4.39 Å². The van der Waals surface area contributed by atoms with Crippen molar-refractivity contribution < 1.29 is 4.39 Å². The van der Waals surface area contributed by atoms with Gasteiger partial charge >= 0.3 is 0 Å². The van der Waals surface area contributed by atoms with Crippen molar-refractivity contribution in [2.45, 2.75) is 13.0 Å². The fraction of sp³-hybridized carbons (Fsp3) is 0.250. The maximum Gasteiger partial charge on any atom is 0.224 e. The molecule has 0 spiro atoms. The molecule has 1 saturated heterocycles. The van der Waals surface area contributed by atoms with Crippen molar-refractivity contribution in [1.29, 1.82) is 0 Å². The molecule has 5 nitrogen and oxygen atoms in total. The SMILES string of the molecule is CC1CN(c2ncccc2Cl)CCN1c1cc(-c2ccc(Cl)c(F)c2)nc(Cl)n1. The molecular weight excluding hydrogens is 436 g/mol. The van der Waals surface area contributed by atoms with Gasteiger partial charge in [0.25, 0.3) is 0 Å². The van der Waals surface area contributed by atoms with Gasteiger partial charge in [0.2, 0.25) is 5.28 Å². The van der Waals surface area contributed by atoms with Crippen LogP contribution >= 0.6 is 34.8 Å². The van der Waals surface area contributed by atoms with Crippen LogP contribution in [0.25, 0.3) is 11.3 Å². The topological polar surface area (TPSA) is 45.2 Å². The first-order valence-electron chi connectivity index (χ1n) is 9.04. The molecule has 1 fully saturated rings. The first-order valence-corrected chi connectivity index (χ1v) is 10.2. The molecule has 0 bridgehead atoms. The van der Waals surface area contributed by atoms with E-state index in [2.05, 4.69) is 31.7 Å². The Balaban J connectivity index is 1.60. The lowest BCUT2D eigenvalue weighted by molar-refractivity contribution is 0.542. The van der Waals surface area contributed by atoms with Crippen LogP contribution in [0.4, 0.5) is 16.0 Å². The first kappa shape index (κ1) is 20.1. The van der Waals surface area contributed by atoms with E-state index in [0.717, 1.165) is 18.9 Å². The van der Waals surface area contributed by atoms with E-state index in [4.69, 9.17) is 34.8 Å². The van der Waals surface area contributed by atoms with Crippen LogP contribution in [0.3, 0.4) is 0 Å². The zero-order valence-corrected chi connectivity index (χ0v) is 17.8. The van der Waals surface area contributed by atoms with E-state index in [0.29, 0.717) is 28.6 Å². The molecule has 0 saturated carbocycles. The Morgan fingerprint density at radius 2 is 1.86 bits per heavy atom. The predicted octanol–water partition coefficient (Wildman–Crippen LogP) is 5.35. The number of pyridine rings is 1. The van der Waals surface area contributed by atoms with Gasteiger partial charge in [-0.05, 0) is 42.8 Å². The van der Waals surface area contributed by atoms with Crippen molar-refractivity contribution in [3.05, 3.63) is 63.7 Å². The van der Waals surface area contributed by atoms with Gasteiger partial charge in [-0.15, -0.1) is 0 Å². The summed E-state index contributed by atoms with van der Waals surface area (Å²) in [6, 6.07) is 10.1. The molecule has 0 amide bonds. The largest absolute Gasteiger partial charge is 0.352 e. The number of aromatic nitrogens is 3. The van der Waals surface area contributed by atoms with Crippen molar-refractivity contribution in [3.8, 4) is 11.3 Å². The minimum atomic E-state index is -0.505. The minimum absolute atomic E-state index is 0.0621. The van der Waals surface area contributed by atoms with Crippen molar-refractivity contribution in [3.63, 3.8) is 0 Å². The summed E-state index contributed by atoms with van der Waals surface area (Å²) in [4.78, 5) is 17.3. The van der Waals surface area contributed by atoms with Crippen LogP contribution in [0.15, 0.2) is 42.6 Å².